The van der Waals surface area contributed by atoms with Gasteiger partial charge in [-0.2, -0.15) is 0 Å². The summed E-state index contributed by atoms with van der Waals surface area (Å²) in [5.74, 6) is -0.329. The van der Waals surface area contributed by atoms with Crippen LogP contribution in [0.2, 0.25) is 0 Å². The normalized spacial score (nSPS) is 48.0. The third-order valence-electron chi connectivity index (χ3n) is 7.99. The highest BCUT2D eigenvalue weighted by Gasteiger charge is 2.78. The molecule has 2 saturated heterocycles. The van der Waals surface area contributed by atoms with Crippen LogP contribution in [0.1, 0.15) is 50.7 Å². The Morgan fingerprint density at radius 2 is 2.19 bits per heavy atom. The Bertz CT molecular complexity index is 710. The van der Waals surface area contributed by atoms with Crippen molar-refractivity contribution in [1.29, 1.82) is 0 Å². The van der Waals surface area contributed by atoms with Gasteiger partial charge in [-0.3, -0.25) is 4.79 Å². The second-order valence-corrected chi connectivity index (χ2v) is 8.81. The molecule has 1 spiro atoms. The van der Waals surface area contributed by atoms with Gasteiger partial charge in [-0.15, -0.1) is 0 Å². The van der Waals surface area contributed by atoms with Crippen LogP contribution in [-0.4, -0.2) is 41.1 Å². The summed E-state index contributed by atoms with van der Waals surface area (Å²) < 4.78 is 16.8. The maximum absolute atomic E-state index is 13.2. The van der Waals surface area contributed by atoms with Gasteiger partial charge in [0.2, 0.25) is 0 Å². The summed E-state index contributed by atoms with van der Waals surface area (Å²) in [5.41, 5.74) is -1.02. The van der Waals surface area contributed by atoms with Crippen LogP contribution in [0.15, 0.2) is 23.0 Å². The number of hydrogen-bond acceptors (Lipinski definition) is 6. The van der Waals surface area contributed by atoms with Crippen molar-refractivity contribution >= 4 is 5.97 Å². The van der Waals surface area contributed by atoms with Gasteiger partial charge in [0.25, 0.3) is 0 Å². The van der Waals surface area contributed by atoms with E-state index in [4.69, 9.17) is 13.9 Å². The molecule has 1 aromatic rings. The Morgan fingerprint density at radius 3 is 2.88 bits per heavy atom. The van der Waals surface area contributed by atoms with Gasteiger partial charge in [0.1, 0.15) is 12.2 Å². The van der Waals surface area contributed by atoms with E-state index in [-0.39, 0.29) is 30.0 Å². The average Bonchev–Trinajstić information content (AvgIpc) is 3.18. The van der Waals surface area contributed by atoms with Crippen LogP contribution in [-0.2, 0) is 14.3 Å². The zero-order valence-electron chi connectivity index (χ0n) is 15.0. The lowest BCUT2D eigenvalue weighted by Gasteiger charge is -2.65. The molecule has 4 fully saturated rings. The van der Waals surface area contributed by atoms with E-state index in [1.165, 1.54) is 12.5 Å². The number of rotatable bonds is 3. The third-order valence-corrected chi connectivity index (χ3v) is 7.99. The number of carbonyl (C=O) groups is 1. The quantitative estimate of drug-likeness (QED) is 0.633. The molecule has 2 saturated carbocycles. The third kappa shape index (κ3) is 1.85. The predicted octanol–water partition coefficient (Wildman–Crippen LogP) is 2.20. The van der Waals surface area contributed by atoms with Crippen LogP contribution in [0.25, 0.3) is 0 Å². The second-order valence-electron chi connectivity index (χ2n) is 8.81. The molecule has 2 N–H and O–H groups in total. The molecule has 4 aliphatic rings. The van der Waals surface area contributed by atoms with Crippen LogP contribution < -0.4 is 0 Å². The number of carbonyl (C=O) groups excluding carboxylic acids is 1. The number of cyclic esters (lactones) is 1. The first kappa shape index (κ1) is 16.8. The first-order valence-electron chi connectivity index (χ1n) is 9.66. The molecule has 0 amide bonds. The van der Waals surface area contributed by atoms with Gasteiger partial charge in [-0.05, 0) is 43.6 Å². The Kier molecular flexibility index (Phi) is 3.44. The van der Waals surface area contributed by atoms with E-state index in [0.29, 0.717) is 25.0 Å². The number of hydrogen-bond donors (Lipinski definition) is 2. The standard InChI is InChI=1S/C20H26O6/c1-12-7-16(22)20-11-25-17(23)19(12,8-14(21)13-4-6-24-9-13)15(20)3-2-5-18(20)10-26-18/h4,6,9,12,14-16,21-22H,2-3,5,7-8,10-11H2,1H3/t12-,14-,15-,16+,18+,19-,20+/m1/s1. The number of aliphatic hydroxyl groups excluding tert-OH is 2. The largest absolute Gasteiger partial charge is 0.472 e. The fourth-order valence-electron chi connectivity index (χ4n) is 6.57. The number of epoxide rings is 1. The van der Waals surface area contributed by atoms with E-state index >= 15 is 0 Å². The fraction of sp³-hybridized carbons (Fsp3) is 0.750. The van der Waals surface area contributed by atoms with Gasteiger partial charge in [-0.1, -0.05) is 13.3 Å². The van der Waals surface area contributed by atoms with Crippen LogP contribution in [0.3, 0.4) is 0 Å². The van der Waals surface area contributed by atoms with Crippen LogP contribution in [0, 0.1) is 22.7 Å². The highest BCUT2D eigenvalue weighted by molar-refractivity contribution is 5.79. The maximum Gasteiger partial charge on any atom is 0.312 e. The Labute approximate surface area is 152 Å². The maximum atomic E-state index is 13.2. The Morgan fingerprint density at radius 1 is 1.38 bits per heavy atom. The summed E-state index contributed by atoms with van der Waals surface area (Å²) in [4.78, 5) is 13.2. The number of furan rings is 1. The molecule has 0 radical (unpaired) electrons. The molecule has 142 valence electrons. The fourth-order valence-corrected chi connectivity index (χ4v) is 6.57. The van der Waals surface area contributed by atoms with Gasteiger partial charge in [0, 0.05) is 5.56 Å². The van der Waals surface area contributed by atoms with Crippen molar-refractivity contribution in [3.05, 3.63) is 24.2 Å². The highest BCUT2D eigenvalue weighted by atomic mass is 16.6. The van der Waals surface area contributed by atoms with Crippen molar-refractivity contribution in [2.45, 2.75) is 56.8 Å². The summed E-state index contributed by atoms with van der Waals surface area (Å²) in [5, 5.41) is 22.0. The molecule has 2 aliphatic heterocycles. The molecule has 26 heavy (non-hydrogen) atoms. The molecule has 6 heteroatoms. The number of ether oxygens (including phenoxy) is 2. The van der Waals surface area contributed by atoms with Crippen molar-refractivity contribution < 1.29 is 28.9 Å². The van der Waals surface area contributed by atoms with Gasteiger partial charge in [0.15, 0.2) is 0 Å². The molecule has 0 aromatic carbocycles. The molecule has 0 unspecified atom stereocenters. The highest BCUT2D eigenvalue weighted by Crippen LogP contribution is 2.71. The van der Waals surface area contributed by atoms with Crippen molar-refractivity contribution in [2.75, 3.05) is 13.2 Å². The summed E-state index contributed by atoms with van der Waals surface area (Å²) in [6.07, 6.45) is 5.29. The molecule has 2 bridgehead atoms. The molecule has 3 heterocycles. The van der Waals surface area contributed by atoms with E-state index in [0.717, 1.165) is 19.3 Å². The van der Waals surface area contributed by atoms with Crippen molar-refractivity contribution in [2.24, 2.45) is 22.7 Å². The SMILES string of the molecule is C[C@@H]1C[C@H](O)[C@]23COC(=O)[C@@]1(C[C@@H](O)c1ccoc1)[C@H]2CCC[C@]31CO1. The van der Waals surface area contributed by atoms with Crippen LogP contribution in [0.5, 0.6) is 0 Å². The second kappa shape index (κ2) is 5.33. The molecular formula is C20H26O6. The molecule has 2 aliphatic carbocycles. The smallest absolute Gasteiger partial charge is 0.312 e. The topological polar surface area (TPSA) is 92.4 Å². The zero-order valence-corrected chi connectivity index (χ0v) is 15.0. The molecule has 1 aromatic heterocycles. The van der Waals surface area contributed by atoms with Gasteiger partial charge in [-0.25, -0.2) is 0 Å². The number of esters is 1. The Balaban J connectivity index is 1.60. The van der Waals surface area contributed by atoms with E-state index < -0.39 is 23.0 Å². The first-order chi connectivity index (χ1) is 12.5. The summed E-state index contributed by atoms with van der Waals surface area (Å²) >= 11 is 0. The molecule has 7 atom stereocenters. The van der Waals surface area contributed by atoms with Crippen LogP contribution >= 0.6 is 0 Å². The summed E-state index contributed by atoms with van der Waals surface area (Å²) in [7, 11) is 0. The van der Waals surface area contributed by atoms with Gasteiger partial charge >= 0.3 is 5.97 Å². The lowest BCUT2D eigenvalue weighted by atomic mass is 9.41. The van der Waals surface area contributed by atoms with Crippen molar-refractivity contribution in [3.8, 4) is 0 Å². The van der Waals surface area contributed by atoms with Crippen molar-refractivity contribution in [3.63, 3.8) is 0 Å². The molecule has 5 rings (SSSR count). The number of aliphatic hydroxyl groups is 2. The van der Waals surface area contributed by atoms with Gasteiger partial charge in [0.05, 0.1) is 42.2 Å². The lowest BCUT2D eigenvalue weighted by Crippen LogP contribution is -2.72. The molecule has 6 nitrogen and oxygen atoms in total. The van der Waals surface area contributed by atoms with Crippen molar-refractivity contribution in [1.82, 2.24) is 0 Å². The zero-order chi connectivity index (χ0) is 18.2. The minimum absolute atomic E-state index is 0.0344. The lowest BCUT2D eigenvalue weighted by molar-refractivity contribution is -0.263. The predicted molar refractivity (Wildman–Crippen MR) is 89.9 cm³/mol. The first-order valence-corrected chi connectivity index (χ1v) is 9.66. The molecular weight excluding hydrogens is 336 g/mol. The minimum atomic E-state index is -0.798. The monoisotopic (exact) mass is 362 g/mol. The summed E-state index contributed by atoms with van der Waals surface area (Å²) in [6.45, 7) is 2.87. The van der Waals surface area contributed by atoms with E-state index in [2.05, 4.69) is 0 Å². The van der Waals surface area contributed by atoms with E-state index in [1.807, 2.05) is 6.92 Å². The average molecular weight is 362 g/mol. The summed E-state index contributed by atoms with van der Waals surface area (Å²) in [6, 6.07) is 1.73. The van der Waals surface area contributed by atoms with Crippen LogP contribution in [0.4, 0.5) is 0 Å². The van der Waals surface area contributed by atoms with E-state index in [1.54, 1.807) is 6.07 Å². The van der Waals surface area contributed by atoms with Gasteiger partial charge < -0.3 is 24.1 Å². The Hall–Kier alpha value is -1.37. The minimum Gasteiger partial charge on any atom is -0.472 e. The van der Waals surface area contributed by atoms with E-state index in [9.17, 15) is 15.0 Å².